The smallest absolute Gasteiger partial charge is 0.339 e. The maximum atomic E-state index is 12.6. The first-order chi connectivity index (χ1) is 21.1. The third kappa shape index (κ3) is 7.36. The second-order valence-corrected chi connectivity index (χ2v) is 9.58. The molecule has 3 aromatic rings. The van der Waals surface area contributed by atoms with E-state index in [1.807, 2.05) is 0 Å². The zero-order chi connectivity index (χ0) is 31.8. The van der Waals surface area contributed by atoms with Crippen LogP contribution in [0.25, 0.3) is 11.3 Å². The van der Waals surface area contributed by atoms with Gasteiger partial charge < -0.3 is 34.0 Å². The van der Waals surface area contributed by atoms with E-state index in [0.717, 1.165) is 0 Å². The van der Waals surface area contributed by atoms with Gasteiger partial charge in [-0.25, -0.2) is 19.8 Å². The number of hydrogen-bond donors (Lipinski definition) is 3. The highest BCUT2D eigenvalue weighted by atomic mass is 35.5. The van der Waals surface area contributed by atoms with Gasteiger partial charge in [0.15, 0.2) is 18.1 Å². The molecule has 3 N–H and O–H groups in total. The second-order valence-electron chi connectivity index (χ2n) is 9.17. The maximum Gasteiger partial charge on any atom is 0.339 e. The number of hydrogen-bond acceptors (Lipinski definition) is 10. The minimum Gasteiger partial charge on any atom is -0.493 e. The summed E-state index contributed by atoms with van der Waals surface area (Å²) >= 11 is 6.07. The number of rotatable bonds is 11. The highest BCUT2D eigenvalue weighted by Crippen LogP contribution is 2.34. The van der Waals surface area contributed by atoms with Crippen molar-refractivity contribution in [3.8, 4) is 22.8 Å². The number of benzene rings is 2. The quantitative estimate of drug-likeness (QED) is 0.162. The van der Waals surface area contributed by atoms with Gasteiger partial charge in [-0.05, 0) is 61.9 Å². The summed E-state index contributed by atoms with van der Waals surface area (Å²) in [6, 6.07) is 11.6. The minimum atomic E-state index is -0.792. The molecule has 0 saturated heterocycles. The molecule has 4 rings (SSSR count). The first-order valence-corrected chi connectivity index (χ1v) is 13.6. The molecule has 0 unspecified atom stereocenters. The first-order valence-electron chi connectivity index (χ1n) is 13.2. The van der Waals surface area contributed by atoms with Crippen LogP contribution in [0.1, 0.15) is 41.6 Å². The average molecular weight is 625 g/mol. The van der Waals surface area contributed by atoms with Crippen LogP contribution in [-0.2, 0) is 19.1 Å². The fourth-order valence-electron chi connectivity index (χ4n) is 4.27. The molecule has 14 heteroatoms. The summed E-state index contributed by atoms with van der Waals surface area (Å²) in [6.07, 6.45) is 1.30. The van der Waals surface area contributed by atoms with Gasteiger partial charge in [0.25, 0.3) is 5.91 Å². The molecule has 0 radical (unpaired) electrons. The number of halogens is 1. The van der Waals surface area contributed by atoms with Crippen molar-refractivity contribution >= 4 is 41.7 Å². The topological polar surface area (TPSA) is 167 Å². The molecule has 2 heterocycles. The molecular weight excluding hydrogens is 596 g/mol. The van der Waals surface area contributed by atoms with Gasteiger partial charge in [-0.15, -0.1) is 0 Å². The molecule has 230 valence electrons. The van der Waals surface area contributed by atoms with Crippen LogP contribution in [0.5, 0.6) is 11.5 Å². The molecule has 0 bridgehead atoms. The van der Waals surface area contributed by atoms with Gasteiger partial charge in [0.1, 0.15) is 11.5 Å². The third-order valence-corrected chi connectivity index (χ3v) is 6.64. The van der Waals surface area contributed by atoms with Crippen LogP contribution in [0.3, 0.4) is 0 Å². The van der Waals surface area contributed by atoms with Crippen LogP contribution in [-0.4, -0.2) is 57.5 Å². The number of hydrazone groups is 1. The van der Waals surface area contributed by atoms with Gasteiger partial charge in [-0.3, -0.25) is 4.79 Å². The molecule has 3 amide bonds. The summed E-state index contributed by atoms with van der Waals surface area (Å²) in [6.45, 7) is 3.08. The molecule has 1 atom stereocenters. The summed E-state index contributed by atoms with van der Waals surface area (Å²) in [5.74, 6) is -0.399. The number of carbonyl (C=O) groups excluding carboxylic acids is 4. The summed E-state index contributed by atoms with van der Waals surface area (Å²) in [4.78, 5) is 49.0. The Hall–Kier alpha value is -5.30. The van der Waals surface area contributed by atoms with E-state index >= 15 is 0 Å². The molecule has 0 aliphatic carbocycles. The van der Waals surface area contributed by atoms with Gasteiger partial charge >= 0.3 is 18.0 Å². The fourth-order valence-corrected chi connectivity index (χ4v) is 4.47. The van der Waals surface area contributed by atoms with Gasteiger partial charge in [-0.2, -0.15) is 5.10 Å². The number of urea groups is 1. The molecule has 2 aromatic carbocycles. The van der Waals surface area contributed by atoms with Crippen LogP contribution in [0.15, 0.2) is 69.3 Å². The van der Waals surface area contributed by atoms with Crippen molar-refractivity contribution in [2.75, 3.05) is 27.4 Å². The number of nitrogens with one attached hydrogen (secondary N) is 3. The SMILES string of the molecule is CCOC(=O)C1=C(C)NC(=O)N[C@H]1c1ccc(OCC(=O)NN=Cc2ccc(-c3ccc(Cl)c(C(=O)OC)c3)o2)c(OC)c1. The number of esters is 2. The lowest BCUT2D eigenvalue weighted by molar-refractivity contribution is -0.139. The molecule has 0 spiro atoms. The summed E-state index contributed by atoms with van der Waals surface area (Å²) < 4.78 is 26.7. The monoisotopic (exact) mass is 624 g/mol. The van der Waals surface area contributed by atoms with Crippen molar-refractivity contribution in [2.45, 2.75) is 19.9 Å². The average Bonchev–Trinajstić information content (AvgIpc) is 3.48. The Morgan fingerprint density at radius 1 is 1.07 bits per heavy atom. The number of nitrogens with zero attached hydrogens (tertiary/aromatic N) is 1. The van der Waals surface area contributed by atoms with E-state index in [0.29, 0.717) is 28.3 Å². The fraction of sp³-hybridized carbons (Fsp3) is 0.233. The number of methoxy groups -OCH3 is 2. The molecule has 13 nitrogen and oxygen atoms in total. The third-order valence-electron chi connectivity index (χ3n) is 6.31. The van der Waals surface area contributed by atoms with Gasteiger partial charge in [0.05, 0.1) is 49.2 Å². The van der Waals surface area contributed by atoms with E-state index in [9.17, 15) is 19.2 Å². The van der Waals surface area contributed by atoms with E-state index in [-0.39, 0.29) is 34.3 Å². The highest BCUT2D eigenvalue weighted by Gasteiger charge is 2.32. The first kappa shape index (κ1) is 31.6. The van der Waals surface area contributed by atoms with Crippen LogP contribution in [0, 0.1) is 0 Å². The van der Waals surface area contributed by atoms with Crippen molar-refractivity contribution in [3.05, 3.63) is 81.7 Å². The van der Waals surface area contributed by atoms with E-state index in [1.165, 1.54) is 20.4 Å². The molecule has 1 aliphatic rings. The Bertz CT molecular complexity index is 1650. The van der Waals surface area contributed by atoms with Crippen LogP contribution < -0.4 is 25.5 Å². The lowest BCUT2D eigenvalue weighted by Crippen LogP contribution is -2.45. The number of carbonyl (C=O) groups is 4. The maximum absolute atomic E-state index is 12.6. The van der Waals surface area contributed by atoms with E-state index in [4.69, 9.17) is 35.0 Å². The Morgan fingerprint density at radius 3 is 2.59 bits per heavy atom. The Labute approximate surface area is 257 Å². The molecule has 1 aliphatic heterocycles. The van der Waals surface area contributed by atoms with E-state index < -0.39 is 36.5 Å². The van der Waals surface area contributed by atoms with Crippen molar-refractivity contribution in [1.29, 1.82) is 0 Å². The van der Waals surface area contributed by atoms with Gasteiger partial charge in [0.2, 0.25) is 0 Å². The zero-order valence-corrected chi connectivity index (χ0v) is 24.9. The lowest BCUT2D eigenvalue weighted by atomic mass is 9.95. The zero-order valence-electron chi connectivity index (χ0n) is 24.2. The van der Waals surface area contributed by atoms with Crippen molar-refractivity contribution < 1.29 is 42.5 Å². The van der Waals surface area contributed by atoms with Crippen molar-refractivity contribution in [3.63, 3.8) is 0 Å². The van der Waals surface area contributed by atoms with Crippen LogP contribution in [0.4, 0.5) is 4.79 Å². The number of allylic oxidation sites excluding steroid dienone is 1. The molecule has 0 fully saturated rings. The summed E-state index contributed by atoms with van der Waals surface area (Å²) in [7, 11) is 2.68. The van der Waals surface area contributed by atoms with E-state index in [2.05, 4.69) is 21.2 Å². The summed E-state index contributed by atoms with van der Waals surface area (Å²) in [5.41, 5.74) is 4.30. The second kappa shape index (κ2) is 14.2. The van der Waals surface area contributed by atoms with Crippen molar-refractivity contribution in [2.24, 2.45) is 5.10 Å². The normalized spacial score (nSPS) is 14.5. The minimum absolute atomic E-state index is 0.170. The Balaban J connectivity index is 1.38. The molecular formula is C30H29ClN4O9. The lowest BCUT2D eigenvalue weighted by Gasteiger charge is -2.28. The molecule has 44 heavy (non-hydrogen) atoms. The number of ether oxygens (including phenoxy) is 4. The van der Waals surface area contributed by atoms with Crippen LogP contribution >= 0.6 is 11.6 Å². The number of amides is 3. The Morgan fingerprint density at radius 2 is 1.86 bits per heavy atom. The predicted molar refractivity (Wildman–Crippen MR) is 158 cm³/mol. The Kier molecular flexibility index (Phi) is 10.2. The van der Waals surface area contributed by atoms with Gasteiger partial charge in [-0.1, -0.05) is 17.7 Å². The molecule has 0 saturated carbocycles. The van der Waals surface area contributed by atoms with E-state index in [1.54, 1.807) is 62.4 Å². The standard InChI is InChI=1S/C30H29ClN4O9/c1-5-42-29(38)26-16(2)33-30(39)34-27(26)18-7-10-23(24(13-18)40-3)43-15-25(36)35-32-14-19-8-11-22(44-19)17-6-9-21(31)20(12-17)28(37)41-4/h6-14,27H,5,15H2,1-4H3,(H,35,36)(H2,33,34,39)/t27-/m0/s1. The highest BCUT2D eigenvalue weighted by molar-refractivity contribution is 6.33. The van der Waals surface area contributed by atoms with Crippen molar-refractivity contribution in [1.82, 2.24) is 16.1 Å². The number of furan rings is 1. The summed E-state index contributed by atoms with van der Waals surface area (Å²) in [5, 5.41) is 9.43. The predicted octanol–water partition coefficient (Wildman–Crippen LogP) is 4.12. The van der Waals surface area contributed by atoms with Crippen LogP contribution in [0.2, 0.25) is 5.02 Å². The molecule has 1 aromatic heterocycles. The van der Waals surface area contributed by atoms with Gasteiger partial charge in [0, 0.05) is 11.3 Å². The largest absolute Gasteiger partial charge is 0.493 e.